The van der Waals surface area contributed by atoms with Crippen LogP contribution in [0.25, 0.3) is 10.2 Å². The Hall–Kier alpha value is -1.89. The topological polar surface area (TPSA) is 42.4 Å². The van der Waals surface area contributed by atoms with Gasteiger partial charge < -0.3 is 4.74 Å². The van der Waals surface area contributed by atoms with Crippen molar-refractivity contribution in [3.8, 4) is 0 Å². The Balaban J connectivity index is 1.59. The number of hydrogen-bond donors (Lipinski definition) is 0. The maximum absolute atomic E-state index is 13.3. The summed E-state index contributed by atoms with van der Waals surface area (Å²) in [5, 5.41) is 0.568. The van der Waals surface area contributed by atoms with Crippen LogP contribution in [0.2, 0.25) is 0 Å². The molecule has 0 spiro atoms. The van der Waals surface area contributed by atoms with Crippen LogP contribution in [0.1, 0.15) is 19.8 Å². The van der Waals surface area contributed by atoms with Crippen LogP contribution in [-0.4, -0.2) is 35.4 Å². The number of para-hydroxylation sites is 1. The van der Waals surface area contributed by atoms with Crippen LogP contribution in [0.5, 0.6) is 0 Å². The first kappa shape index (κ1) is 18.5. The lowest BCUT2D eigenvalue weighted by Crippen LogP contribution is -2.41. The molecule has 2 unspecified atom stereocenters. The molecule has 1 aliphatic heterocycles. The van der Waals surface area contributed by atoms with Gasteiger partial charge in [0.2, 0.25) is 5.91 Å². The minimum Gasteiger partial charge on any atom is -0.376 e. The summed E-state index contributed by atoms with van der Waals surface area (Å²) in [5.41, 5.74) is 0.936. The molecule has 0 N–H and O–H groups in total. The molecule has 0 bridgehead atoms. The van der Waals surface area contributed by atoms with E-state index in [1.54, 1.807) is 23.1 Å². The van der Waals surface area contributed by atoms with Crippen molar-refractivity contribution < 1.29 is 9.53 Å². The van der Waals surface area contributed by atoms with Crippen LogP contribution in [0.15, 0.2) is 59.5 Å². The fourth-order valence-electron chi connectivity index (χ4n) is 3.20. The molecule has 0 aliphatic carbocycles. The standard InChI is InChI=1S/C21H22N2O2S2/c1-15(26-17-9-3-2-4-10-17)20(24)23(14-16-8-7-13-25-16)21-22-18-11-5-6-12-19(18)27-21/h2-6,9-12,15-16H,7-8,13-14H2,1H3. The summed E-state index contributed by atoms with van der Waals surface area (Å²) in [6, 6.07) is 18.1. The minimum atomic E-state index is -0.194. The Morgan fingerprint density at radius 3 is 2.78 bits per heavy atom. The van der Waals surface area contributed by atoms with E-state index in [0.29, 0.717) is 6.54 Å². The smallest absolute Gasteiger partial charge is 0.242 e. The zero-order valence-electron chi connectivity index (χ0n) is 15.2. The Bertz CT molecular complexity index is 874. The lowest BCUT2D eigenvalue weighted by atomic mass is 10.2. The second-order valence-corrected chi connectivity index (χ2v) is 9.04. The van der Waals surface area contributed by atoms with E-state index in [0.717, 1.165) is 39.7 Å². The van der Waals surface area contributed by atoms with E-state index in [1.807, 2.05) is 66.4 Å². The van der Waals surface area contributed by atoms with Crippen molar-refractivity contribution in [1.82, 2.24) is 4.98 Å². The molecule has 2 atom stereocenters. The summed E-state index contributed by atoms with van der Waals surface area (Å²) in [4.78, 5) is 21.0. The molecule has 1 saturated heterocycles. The van der Waals surface area contributed by atoms with Gasteiger partial charge in [-0.1, -0.05) is 41.7 Å². The number of carbonyl (C=O) groups is 1. The molecule has 1 aromatic heterocycles. The van der Waals surface area contributed by atoms with Gasteiger partial charge in [0.1, 0.15) is 0 Å². The van der Waals surface area contributed by atoms with E-state index in [4.69, 9.17) is 9.72 Å². The predicted molar refractivity (Wildman–Crippen MR) is 113 cm³/mol. The highest BCUT2D eigenvalue weighted by Crippen LogP contribution is 2.32. The molecule has 140 valence electrons. The molecule has 2 heterocycles. The highest BCUT2D eigenvalue weighted by molar-refractivity contribution is 8.00. The SMILES string of the molecule is CC(Sc1ccccc1)C(=O)N(CC1CCCO1)c1nc2ccccc2s1. The highest BCUT2D eigenvalue weighted by atomic mass is 32.2. The van der Waals surface area contributed by atoms with E-state index in [9.17, 15) is 4.79 Å². The Labute approximate surface area is 167 Å². The summed E-state index contributed by atoms with van der Waals surface area (Å²) in [6.07, 6.45) is 2.14. The Kier molecular flexibility index (Phi) is 5.76. The number of ether oxygens (including phenoxy) is 1. The van der Waals surface area contributed by atoms with Crippen LogP contribution in [-0.2, 0) is 9.53 Å². The molecular weight excluding hydrogens is 376 g/mol. The fraction of sp³-hybridized carbons (Fsp3) is 0.333. The van der Waals surface area contributed by atoms with Crippen LogP contribution in [0.3, 0.4) is 0 Å². The van der Waals surface area contributed by atoms with E-state index in [2.05, 4.69) is 0 Å². The number of thioether (sulfide) groups is 1. The fourth-order valence-corrected chi connectivity index (χ4v) is 5.13. The van der Waals surface area contributed by atoms with Gasteiger partial charge in [-0.25, -0.2) is 4.98 Å². The average molecular weight is 399 g/mol. The van der Waals surface area contributed by atoms with Gasteiger partial charge in [0.15, 0.2) is 5.13 Å². The molecule has 0 radical (unpaired) electrons. The predicted octanol–water partition coefficient (Wildman–Crippen LogP) is 4.99. The van der Waals surface area contributed by atoms with Crippen molar-refractivity contribution in [3.63, 3.8) is 0 Å². The van der Waals surface area contributed by atoms with Gasteiger partial charge in [0.05, 0.1) is 28.1 Å². The minimum absolute atomic E-state index is 0.0819. The van der Waals surface area contributed by atoms with Crippen LogP contribution in [0, 0.1) is 0 Å². The maximum Gasteiger partial charge on any atom is 0.242 e. The van der Waals surface area contributed by atoms with Crippen LogP contribution < -0.4 is 4.90 Å². The van der Waals surface area contributed by atoms with E-state index < -0.39 is 0 Å². The molecule has 2 aromatic carbocycles. The third-order valence-electron chi connectivity index (χ3n) is 4.59. The Morgan fingerprint density at radius 1 is 1.26 bits per heavy atom. The first-order chi connectivity index (χ1) is 13.2. The van der Waals surface area contributed by atoms with Crippen molar-refractivity contribution in [2.45, 2.75) is 36.0 Å². The average Bonchev–Trinajstić information content (AvgIpc) is 3.35. The van der Waals surface area contributed by atoms with E-state index in [1.165, 1.54) is 0 Å². The van der Waals surface area contributed by atoms with Gasteiger partial charge in [0.25, 0.3) is 0 Å². The normalized spacial score (nSPS) is 17.9. The monoisotopic (exact) mass is 398 g/mol. The number of fused-ring (bicyclic) bond motifs is 1. The molecule has 4 nitrogen and oxygen atoms in total. The molecule has 1 amide bonds. The second-order valence-electron chi connectivity index (χ2n) is 6.62. The third kappa shape index (κ3) is 4.34. The van der Waals surface area contributed by atoms with Gasteiger partial charge in [-0.15, -0.1) is 11.8 Å². The van der Waals surface area contributed by atoms with Crippen molar-refractivity contribution in [3.05, 3.63) is 54.6 Å². The summed E-state index contributed by atoms with van der Waals surface area (Å²) in [6.45, 7) is 3.31. The van der Waals surface area contributed by atoms with Crippen molar-refractivity contribution in [1.29, 1.82) is 0 Å². The molecule has 0 saturated carbocycles. The quantitative estimate of drug-likeness (QED) is 0.549. The highest BCUT2D eigenvalue weighted by Gasteiger charge is 2.29. The van der Waals surface area contributed by atoms with Crippen LogP contribution in [0.4, 0.5) is 5.13 Å². The zero-order chi connectivity index (χ0) is 18.6. The second kappa shape index (κ2) is 8.42. The van der Waals surface area contributed by atoms with Crippen LogP contribution >= 0.6 is 23.1 Å². The number of benzene rings is 2. The summed E-state index contributed by atoms with van der Waals surface area (Å²) in [7, 11) is 0. The molecule has 4 rings (SSSR count). The van der Waals surface area contributed by atoms with Crippen molar-refractivity contribution >= 4 is 44.4 Å². The number of amides is 1. The molecule has 6 heteroatoms. The lowest BCUT2D eigenvalue weighted by molar-refractivity contribution is -0.118. The van der Waals surface area contributed by atoms with Gasteiger partial charge in [0, 0.05) is 11.5 Å². The Morgan fingerprint density at radius 2 is 2.04 bits per heavy atom. The maximum atomic E-state index is 13.3. The number of anilines is 1. The van der Waals surface area contributed by atoms with Gasteiger partial charge in [-0.2, -0.15) is 0 Å². The van der Waals surface area contributed by atoms with Gasteiger partial charge >= 0.3 is 0 Å². The third-order valence-corrected chi connectivity index (χ3v) is 6.75. The van der Waals surface area contributed by atoms with Gasteiger partial charge in [-0.05, 0) is 44.0 Å². The summed E-state index contributed by atoms with van der Waals surface area (Å²) >= 11 is 3.15. The van der Waals surface area contributed by atoms with Crippen molar-refractivity contribution in [2.75, 3.05) is 18.1 Å². The molecule has 1 fully saturated rings. The van der Waals surface area contributed by atoms with E-state index >= 15 is 0 Å². The number of nitrogens with zero attached hydrogens (tertiary/aromatic N) is 2. The number of hydrogen-bond acceptors (Lipinski definition) is 5. The largest absolute Gasteiger partial charge is 0.376 e. The zero-order valence-corrected chi connectivity index (χ0v) is 16.8. The summed E-state index contributed by atoms with van der Waals surface area (Å²) < 4.78 is 6.90. The summed E-state index contributed by atoms with van der Waals surface area (Å²) in [5.74, 6) is 0.0819. The van der Waals surface area contributed by atoms with Gasteiger partial charge in [-0.3, -0.25) is 9.69 Å². The number of rotatable bonds is 6. The number of carbonyl (C=O) groups excluding carboxylic acids is 1. The number of aromatic nitrogens is 1. The molecule has 1 aliphatic rings. The number of thiazole rings is 1. The molecular formula is C21H22N2O2S2. The van der Waals surface area contributed by atoms with Crippen molar-refractivity contribution in [2.24, 2.45) is 0 Å². The van der Waals surface area contributed by atoms with E-state index in [-0.39, 0.29) is 17.3 Å². The first-order valence-corrected chi connectivity index (χ1v) is 10.9. The first-order valence-electron chi connectivity index (χ1n) is 9.21. The molecule has 3 aromatic rings. The molecule has 27 heavy (non-hydrogen) atoms. The lowest BCUT2D eigenvalue weighted by Gasteiger charge is -2.25.